The number of benzene rings is 1. The summed E-state index contributed by atoms with van der Waals surface area (Å²) in [6.07, 6.45) is 4.82. The van der Waals surface area contributed by atoms with Crippen LogP contribution >= 0.6 is 22.6 Å². The zero-order valence-corrected chi connectivity index (χ0v) is 13.3. The van der Waals surface area contributed by atoms with Gasteiger partial charge in [0.25, 0.3) is 0 Å². The molecule has 1 aromatic rings. The van der Waals surface area contributed by atoms with Gasteiger partial charge in [-0.15, -0.1) is 0 Å². The van der Waals surface area contributed by atoms with E-state index in [0.717, 1.165) is 13.0 Å². The molecule has 0 saturated heterocycles. The number of nitrogen functional groups attached to an aromatic ring is 1. The van der Waals surface area contributed by atoms with Crippen molar-refractivity contribution in [1.29, 1.82) is 0 Å². The van der Waals surface area contributed by atoms with Gasteiger partial charge in [-0.2, -0.15) is 0 Å². The zero-order valence-electron chi connectivity index (χ0n) is 11.1. The Morgan fingerprint density at radius 3 is 2.72 bits per heavy atom. The fraction of sp³-hybridized carbons (Fsp3) is 0.571. The Hall–Kier alpha value is -0.520. The van der Waals surface area contributed by atoms with Crippen LogP contribution in [0, 0.1) is 15.3 Å². The van der Waals surface area contributed by atoms with Crippen molar-refractivity contribution < 1.29 is 4.39 Å². The SMILES string of the molecule is CCCCC(CC)CNc1cc(F)c(I)cc1N. The summed E-state index contributed by atoms with van der Waals surface area (Å²) in [4.78, 5) is 0. The lowest BCUT2D eigenvalue weighted by Crippen LogP contribution is -2.14. The van der Waals surface area contributed by atoms with Gasteiger partial charge >= 0.3 is 0 Å². The molecule has 0 saturated carbocycles. The van der Waals surface area contributed by atoms with Crippen LogP contribution in [0.25, 0.3) is 0 Å². The van der Waals surface area contributed by atoms with Gasteiger partial charge in [0.05, 0.1) is 14.9 Å². The van der Waals surface area contributed by atoms with Crippen LogP contribution in [0.3, 0.4) is 0 Å². The predicted molar refractivity (Wildman–Crippen MR) is 85.3 cm³/mol. The van der Waals surface area contributed by atoms with Crippen LogP contribution in [0.5, 0.6) is 0 Å². The van der Waals surface area contributed by atoms with Crippen LogP contribution in [0.4, 0.5) is 15.8 Å². The molecule has 4 heteroatoms. The summed E-state index contributed by atoms with van der Waals surface area (Å²) in [5.74, 6) is 0.417. The molecule has 1 aromatic carbocycles. The van der Waals surface area contributed by atoms with Gasteiger partial charge < -0.3 is 11.1 Å². The Balaban J connectivity index is 2.59. The molecular weight excluding hydrogens is 342 g/mol. The Morgan fingerprint density at radius 2 is 2.11 bits per heavy atom. The van der Waals surface area contributed by atoms with Gasteiger partial charge in [-0.1, -0.05) is 33.1 Å². The molecule has 0 heterocycles. The molecule has 0 aliphatic heterocycles. The van der Waals surface area contributed by atoms with Crippen molar-refractivity contribution >= 4 is 34.0 Å². The average molecular weight is 364 g/mol. The molecule has 0 radical (unpaired) electrons. The molecule has 0 amide bonds. The van der Waals surface area contributed by atoms with Crippen molar-refractivity contribution in [3.63, 3.8) is 0 Å². The van der Waals surface area contributed by atoms with Gasteiger partial charge in [0.15, 0.2) is 0 Å². The number of rotatable bonds is 7. The number of hydrogen-bond acceptors (Lipinski definition) is 2. The fourth-order valence-corrected chi connectivity index (χ4v) is 2.40. The van der Waals surface area contributed by atoms with Crippen molar-refractivity contribution in [1.82, 2.24) is 0 Å². The minimum atomic E-state index is -0.214. The maximum atomic E-state index is 13.5. The van der Waals surface area contributed by atoms with E-state index >= 15 is 0 Å². The van der Waals surface area contributed by atoms with Gasteiger partial charge in [0.1, 0.15) is 5.82 Å². The van der Waals surface area contributed by atoms with Gasteiger partial charge in [0, 0.05) is 12.6 Å². The topological polar surface area (TPSA) is 38.0 Å². The molecular formula is C14H22FIN2. The fourth-order valence-electron chi connectivity index (χ4n) is 1.91. The minimum Gasteiger partial charge on any atom is -0.397 e. The van der Waals surface area contributed by atoms with E-state index in [4.69, 9.17) is 5.73 Å². The highest BCUT2D eigenvalue weighted by atomic mass is 127. The molecule has 0 spiro atoms. The van der Waals surface area contributed by atoms with Crippen LogP contribution < -0.4 is 11.1 Å². The van der Waals surface area contributed by atoms with Crippen LogP contribution in [-0.2, 0) is 0 Å². The summed E-state index contributed by atoms with van der Waals surface area (Å²) in [6, 6.07) is 3.16. The Kier molecular flexibility index (Phi) is 6.75. The number of nitrogens with one attached hydrogen (secondary N) is 1. The van der Waals surface area contributed by atoms with Crippen molar-refractivity contribution in [2.24, 2.45) is 5.92 Å². The van der Waals surface area contributed by atoms with Gasteiger partial charge in [-0.3, -0.25) is 0 Å². The third kappa shape index (κ3) is 4.63. The summed E-state index contributed by atoms with van der Waals surface area (Å²) in [5, 5.41) is 3.27. The van der Waals surface area contributed by atoms with Crippen LogP contribution in [0.15, 0.2) is 12.1 Å². The van der Waals surface area contributed by atoms with E-state index in [0.29, 0.717) is 20.9 Å². The van der Waals surface area contributed by atoms with E-state index in [1.807, 2.05) is 22.6 Å². The van der Waals surface area contributed by atoms with Crippen LogP contribution in [0.2, 0.25) is 0 Å². The highest BCUT2D eigenvalue weighted by Gasteiger charge is 2.09. The number of unbranched alkanes of at least 4 members (excludes halogenated alkanes) is 1. The number of nitrogens with two attached hydrogens (primary N) is 1. The molecule has 1 rings (SSSR count). The maximum absolute atomic E-state index is 13.5. The lowest BCUT2D eigenvalue weighted by atomic mass is 9.99. The third-order valence-corrected chi connectivity index (χ3v) is 4.04. The van der Waals surface area contributed by atoms with Crippen molar-refractivity contribution in [3.05, 3.63) is 21.5 Å². The number of anilines is 2. The van der Waals surface area contributed by atoms with E-state index in [9.17, 15) is 4.39 Å². The van der Waals surface area contributed by atoms with E-state index < -0.39 is 0 Å². The number of halogens is 2. The van der Waals surface area contributed by atoms with Gasteiger partial charge in [-0.05, 0) is 41.0 Å². The molecule has 1 unspecified atom stereocenters. The number of hydrogen-bond donors (Lipinski definition) is 2. The van der Waals surface area contributed by atoms with E-state index in [-0.39, 0.29) is 5.82 Å². The molecule has 0 aromatic heterocycles. The van der Waals surface area contributed by atoms with E-state index in [1.54, 1.807) is 6.07 Å². The van der Waals surface area contributed by atoms with Gasteiger partial charge in [-0.25, -0.2) is 4.39 Å². The monoisotopic (exact) mass is 364 g/mol. The van der Waals surface area contributed by atoms with Crippen molar-refractivity contribution in [2.45, 2.75) is 39.5 Å². The van der Waals surface area contributed by atoms with Gasteiger partial charge in [0.2, 0.25) is 0 Å². The molecule has 1 atom stereocenters. The third-order valence-electron chi connectivity index (χ3n) is 3.22. The summed E-state index contributed by atoms with van der Waals surface area (Å²) in [7, 11) is 0. The second kappa shape index (κ2) is 7.81. The van der Waals surface area contributed by atoms with Crippen molar-refractivity contribution in [2.75, 3.05) is 17.6 Å². The standard InChI is InChI=1S/C14H22FIN2/c1-3-5-6-10(4-2)9-18-14-7-11(15)12(16)8-13(14)17/h7-8,10,18H,3-6,9,17H2,1-2H3. The summed E-state index contributed by atoms with van der Waals surface area (Å²) in [6.45, 7) is 5.26. The highest BCUT2D eigenvalue weighted by molar-refractivity contribution is 14.1. The first-order valence-electron chi connectivity index (χ1n) is 6.56. The largest absolute Gasteiger partial charge is 0.397 e. The molecule has 0 aliphatic rings. The maximum Gasteiger partial charge on any atom is 0.138 e. The second-order valence-corrected chi connectivity index (χ2v) is 5.81. The lowest BCUT2D eigenvalue weighted by Gasteiger charge is -2.17. The molecule has 18 heavy (non-hydrogen) atoms. The summed E-state index contributed by atoms with van der Waals surface area (Å²) in [5.41, 5.74) is 7.21. The first kappa shape index (κ1) is 15.5. The molecule has 3 N–H and O–H groups in total. The summed E-state index contributed by atoms with van der Waals surface area (Å²) >= 11 is 1.95. The van der Waals surface area contributed by atoms with Crippen molar-refractivity contribution in [3.8, 4) is 0 Å². The highest BCUT2D eigenvalue weighted by Crippen LogP contribution is 2.25. The normalized spacial score (nSPS) is 12.4. The zero-order chi connectivity index (χ0) is 13.5. The molecule has 0 aliphatic carbocycles. The molecule has 102 valence electrons. The molecule has 0 bridgehead atoms. The minimum absolute atomic E-state index is 0.214. The lowest BCUT2D eigenvalue weighted by molar-refractivity contribution is 0.472. The quantitative estimate of drug-likeness (QED) is 0.546. The first-order valence-corrected chi connectivity index (χ1v) is 7.64. The predicted octanol–water partition coefficient (Wildman–Crippen LogP) is 4.64. The van der Waals surface area contributed by atoms with E-state index in [2.05, 4.69) is 19.2 Å². The van der Waals surface area contributed by atoms with Crippen LogP contribution in [0.1, 0.15) is 39.5 Å². The summed E-state index contributed by atoms with van der Waals surface area (Å²) < 4.78 is 14.0. The smallest absolute Gasteiger partial charge is 0.138 e. The first-order chi connectivity index (χ1) is 8.58. The second-order valence-electron chi connectivity index (χ2n) is 4.65. The van der Waals surface area contributed by atoms with E-state index in [1.165, 1.54) is 25.3 Å². The molecule has 2 nitrogen and oxygen atoms in total. The Morgan fingerprint density at radius 1 is 1.39 bits per heavy atom. The molecule has 0 fully saturated rings. The Labute approximate surface area is 123 Å². The Bertz CT molecular complexity index is 382. The van der Waals surface area contributed by atoms with Crippen LogP contribution in [-0.4, -0.2) is 6.54 Å². The average Bonchev–Trinajstić information content (AvgIpc) is 2.35.